The average Bonchev–Trinajstić information content (AvgIpc) is 3.03. The quantitative estimate of drug-likeness (QED) is 0.122. The van der Waals surface area contributed by atoms with Crippen LogP contribution in [0.2, 0.25) is 5.02 Å². The zero-order valence-corrected chi connectivity index (χ0v) is 32.7. The van der Waals surface area contributed by atoms with Gasteiger partial charge in [-0.25, -0.2) is 0 Å². The fourth-order valence-corrected chi connectivity index (χ4v) is 8.68. The van der Waals surface area contributed by atoms with Gasteiger partial charge in [-0.3, -0.25) is 0 Å². The number of aliphatic hydroxyl groups is 2. The molecule has 0 saturated carbocycles. The minimum absolute atomic E-state index is 0.0228. The molecular weight excluding hydrogens is 704 g/mol. The van der Waals surface area contributed by atoms with E-state index in [4.69, 9.17) is 25.8 Å². The lowest BCUT2D eigenvalue weighted by atomic mass is 9.97. The van der Waals surface area contributed by atoms with Gasteiger partial charge in [0.1, 0.15) is 30.3 Å². The molecule has 0 heterocycles. The van der Waals surface area contributed by atoms with Gasteiger partial charge in [-0.1, -0.05) is 11.6 Å². The van der Waals surface area contributed by atoms with Gasteiger partial charge in [0, 0.05) is 47.4 Å². The number of ether oxygens (including phenoxy) is 3. The first kappa shape index (κ1) is 39.0. The maximum atomic E-state index is 11.3. The smallest absolute Gasteiger partial charge is 0.141 e. The number of rotatable bonds is 18. The highest BCUT2D eigenvalue weighted by atomic mass is 35.5. The number of halogens is 1. The van der Waals surface area contributed by atoms with E-state index in [1.54, 1.807) is 103 Å². The van der Waals surface area contributed by atoms with Crippen LogP contribution >= 0.6 is 82.2 Å². The van der Waals surface area contributed by atoms with Gasteiger partial charge < -0.3 is 24.4 Å². The van der Waals surface area contributed by atoms with E-state index in [0.717, 1.165) is 20.9 Å². The van der Waals surface area contributed by atoms with E-state index in [1.807, 2.05) is 0 Å². The molecule has 0 aliphatic carbocycles. The van der Waals surface area contributed by atoms with Crippen molar-refractivity contribution in [2.24, 2.45) is 0 Å². The summed E-state index contributed by atoms with van der Waals surface area (Å²) in [6.45, 7) is 4.00. The lowest BCUT2D eigenvalue weighted by molar-refractivity contribution is -0.0643. The Morgan fingerprint density at radius 1 is 0.622 bits per heavy atom. The monoisotopic (exact) mass is 746 g/mol. The molecule has 0 radical (unpaired) electrons. The molecule has 0 fully saturated rings. The van der Waals surface area contributed by atoms with Crippen LogP contribution in [0.4, 0.5) is 0 Å². The van der Waals surface area contributed by atoms with Crippen LogP contribution in [0.25, 0.3) is 0 Å². The number of benzene rings is 3. The highest BCUT2D eigenvalue weighted by Crippen LogP contribution is 2.37. The van der Waals surface area contributed by atoms with Crippen LogP contribution in [0.15, 0.2) is 71.8 Å². The Labute approximate surface area is 299 Å². The van der Waals surface area contributed by atoms with Crippen molar-refractivity contribution < 1.29 is 24.4 Å². The van der Waals surface area contributed by atoms with Gasteiger partial charge in [0.15, 0.2) is 0 Å². The molecule has 0 saturated heterocycles. The minimum Gasteiger partial charge on any atom is -0.490 e. The van der Waals surface area contributed by atoms with E-state index in [0.29, 0.717) is 29.5 Å². The van der Waals surface area contributed by atoms with Crippen molar-refractivity contribution in [2.75, 3.05) is 57.4 Å². The Balaban J connectivity index is 1.61. The third kappa shape index (κ3) is 11.6. The second-order valence-electron chi connectivity index (χ2n) is 10.9. The predicted octanol–water partition coefficient (Wildman–Crippen LogP) is 9.39. The molecule has 0 aliphatic heterocycles. The molecule has 248 valence electrons. The van der Waals surface area contributed by atoms with Crippen LogP contribution in [0.1, 0.15) is 25.0 Å². The van der Waals surface area contributed by atoms with Gasteiger partial charge in [0.2, 0.25) is 0 Å². The summed E-state index contributed by atoms with van der Waals surface area (Å²) in [4.78, 5) is 7.09. The molecule has 0 aromatic heterocycles. The fourth-order valence-electron chi connectivity index (χ4n) is 4.47. The summed E-state index contributed by atoms with van der Waals surface area (Å²) in [7, 11) is 0. The maximum Gasteiger partial charge on any atom is 0.141 e. The molecule has 0 bridgehead atoms. The Hall–Kier alpha value is -0.470. The van der Waals surface area contributed by atoms with E-state index >= 15 is 0 Å². The zero-order chi connectivity index (χ0) is 33.2. The van der Waals surface area contributed by atoms with Crippen molar-refractivity contribution in [1.82, 2.24) is 0 Å². The Morgan fingerprint density at radius 3 is 1.60 bits per heavy atom. The molecule has 3 aromatic rings. The highest BCUT2D eigenvalue weighted by Gasteiger charge is 2.27. The molecule has 3 rings (SSSR count). The largest absolute Gasteiger partial charge is 0.490 e. The van der Waals surface area contributed by atoms with E-state index in [2.05, 4.69) is 61.8 Å². The highest BCUT2D eigenvalue weighted by molar-refractivity contribution is 8.00. The maximum absolute atomic E-state index is 11.3. The van der Waals surface area contributed by atoms with E-state index in [9.17, 15) is 10.2 Å². The lowest BCUT2D eigenvalue weighted by Crippen LogP contribution is -2.37. The van der Waals surface area contributed by atoms with Crippen LogP contribution in [-0.2, 0) is 17.8 Å². The molecule has 12 heteroatoms. The molecule has 0 aliphatic rings. The molecule has 0 spiro atoms. The van der Waals surface area contributed by atoms with Crippen LogP contribution in [0.3, 0.4) is 0 Å². The summed E-state index contributed by atoms with van der Waals surface area (Å²) in [5, 5.41) is 22.8. The average molecular weight is 748 g/mol. The van der Waals surface area contributed by atoms with Crippen molar-refractivity contribution in [3.63, 3.8) is 0 Å². The molecule has 2 N–H and O–H groups in total. The topological polar surface area (TPSA) is 68.2 Å². The van der Waals surface area contributed by atoms with E-state index < -0.39 is 11.2 Å². The van der Waals surface area contributed by atoms with Crippen LogP contribution in [0, 0.1) is 0 Å². The molecule has 3 aromatic carbocycles. The first-order chi connectivity index (χ1) is 21.4. The lowest BCUT2D eigenvalue weighted by Gasteiger charge is -2.26. The van der Waals surface area contributed by atoms with Gasteiger partial charge in [0.25, 0.3) is 0 Å². The third-order valence-corrected chi connectivity index (χ3v) is 11.8. The predicted molar refractivity (Wildman–Crippen MR) is 201 cm³/mol. The third-order valence-electron chi connectivity index (χ3n) is 6.84. The van der Waals surface area contributed by atoms with Crippen molar-refractivity contribution >= 4 is 82.2 Å². The molecule has 2 atom stereocenters. The standard InChI is InChI=1S/C33H43ClO5S6/c1-32(35,16-24-28(42-5)12-22(40-3)13-29(24)43-6)19-38-21-9-10-26(34)27(11-21)39-20-33(2,36)18-37-17-25-30(44-7)14-23(41-4)15-31(25)45-8/h9-15,35-36H,16-20H2,1-8H3. The SMILES string of the molecule is CSc1cc(SC)c(COCC(C)(O)COc2cc(OCC(C)(O)Cc3c(SC)cc(SC)cc3SC)ccc2Cl)c(SC)c1. The van der Waals surface area contributed by atoms with E-state index in [-0.39, 0.29) is 19.8 Å². The number of thioether (sulfide) groups is 6. The minimum atomic E-state index is -1.25. The van der Waals surface area contributed by atoms with Gasteiger partial charge in [0.05, 0.1) is 23.8 Å². The Kier molecular flexibility index (Phi) is 15.9. The van der Waals surface area contributed by atoms with Crippen LogP contribution < -0.4 is 9.47 Å². The van der Waals surface area contributed by atoms with Crippen molar-refractivity contribution in [1.29, 1.82) is 0 Å². The van der Waals surface area contributed by atoms with Gasteiger partial charge in [-0.05, 0) is 93.3 Å². The Bertz CT molecular complexity index is 1370. The van der Waals surface area contributed by atoms with Crippen LogP contribution in [-0.4, -0.2) is 78.8 Å². The van der Waals surface area contributed by atoms with Gasteiger partial charge in [-0.15, -0.1) is 70.6 Å². The molecule has 0 amide bonds. The zero-order valence-electron chi connectivity index (χ0n) is 27.0. The number of hydrogen-bond donors (Lipinski definition) is 2. The summed E-state index contributed by atoms with van der Waals surface area (Å²) < 4.78 is 18.0. The summed E-state index contributed by atoms with van der Waals surface area (Å²) in [6, 6.07) is 13.8. The normalized spacial score (nSPS) is 14.2. The second kappa shape index (κ2) is 18.3. The second-order valence-corrected chi connectivity index (χ2v) is 16.4. The van der Waals surface area contributed by atoms with Crippen LogP contribution in [0.5, 0.6) is 11.5 Å². The first-order valence-corrected chi connectivity index (χ1v) is 21.8. The Morgan fingerprint density at radius 2 is 1.11 bits per heavy atom. The molecule has 45 heavy (non-hydrogen) atoms. The van der Waals surface area contributed by atoms with E-state index in [1.165, 1.54) is 19.6 Å². The summed E-state index contributed by atoms with van der Waals surface area (Å²) in [6.07, 6.45) is 12.8. The summed E-state index contributed by atoms with van der Waals surface area (Å²) in [5.41, 5.74) is -0.117. The van der Waals surface area contributed by atoms with Gasteiger partial charge >= 0.3 is 0 Å². The van der Waals surface area contributed by atoms with Gasteiger partial charge in [-0.2, -0.15) is 0 Å². The summed E-state index contributed by atoms with van der Waals surface area (Å²) in [5.74, 6) is 0.902. The number of hydrogen-bond acceptors (Lipinski definition) is 11. The summed E-state index contributed by atoms with van der Waals surface area (Å²) >= 11 is 16.6. The van der Waals surface area contributed by atoms with Crippen molar-refractivity contribution in [3.8, 4) is 11.5 Å². The first-order valence-electron chi connectivity index (χ1n) is 14.0. The molecule has 2 unspecified atom stereocenters. The molecule has 5 nitrogen and oxygen atoms in total. The fraction of sp³-hybridized carbons (Fsp3) is 0.455. The van der Waals surface area contributed by atoms with Crippen molar-refractivity contribution in [2.45, 2.75) is 67.5 Å². The van der Waals surface area contributed by atoms with Crippen molar-refractivity contribution in [3.05, 3.63) is 58.6 Å². The molecular formula is C33H43ClO5S6.